The maximum Gasteiger partial charge on any atom is 0.254 e. The van der Waals surface area contributed by atoms with Crippen LogP contribution in [0.1, 0.15) is 22.2 Å². The van der Waals surface area contributed by atoms with E-state index in [0.29, 0.717) is 16.8 Å². The molecule has 1 amide bonds. The van der Waals surface area contributed by atoms with E-state index in [1.54, 1.807) is 12.1 Å². The number of benzene rings is 1. The number of rotatable bonds is 4. The molecule has 0 radical (unpaired) electrons. The number of aromatic nitrogens is 2. The highest BCUT2D eigenvalue weighted by atomic mass is 19.1. The van der Waals surface area contributed by atoms with Crippen molar-refractivity contribution in [1.29, 1.82) is 0 Å². The molecule has 0 aliphatic heterocycles. The van der Waals surface area contributed by atoms with Gasteiger partial charge in [0.05, 0.1) is 30.3 Å². The lowest BCUT2D eigenvalue weighted by Gasteiger charge is -2.14. The molecule has 2 aromatic heterocycles. The second-order valence-corrected chi connectivity index (χ2v) is 4.48. The molecule has 3 aromatic rings. The third kappa shape index (κ3) is 2.50. The predicted molar refractivity (Wildman–Crippen MR) is 72.1 cm³/mol. The molecule has 0 aliphatic carbocycles. The molecule has 0 saturated carbocycles. The molecule has 0 fully saturated rings. The SMILES string of the molecule is O=C(NC(CO)c1ccco1)c1cc(F)cc2[nH]cnc12. The highest BCUT2D eigenvalue weighted by molar-refractivity contribution is 6.04. The number of nitrogens with zero attached hydrogens (tertiary/aromatic N) is 1. The van der Waals surface area contributed by atoms with Crippen LogP contribution in [0, 0.1) is 5.82 Å². The Morgan fingerprint density at radius 2 is 2.38 bits per heavy atom. The first-order valence-electron chi connectivity index (χ1n) is 6.27. The molecule has 1 unspecified atom stereocenters. The van der Waals surface area contributed by atoms with Crippen molar-refractivity contribution in [3.63, 3.8) is 0 Å². The lowest BCUT2D eigenvalue weighted by molar-refractivity contribution is 0.0908. The van der Waals surface area contributed by atoms with E-state index in [-0.39, 0.29) is 12.2 Å². The fourth-order valence-corrected chi connectivity index (χ4v) is 2.12. The van der Waals surface area contributed by atoms with Crippen molar-refractivity contribution in [2.45, 2.75) is 6.04 Å². The summed E-state index contributed by atoms with van der Waals surface area (Å²) in [6.07, 6.45) is 2.83. The van der Waals surface area contributed by atoms with Crippen molar-refractivity contribution in [3.05, 3.63) is 54.0 Å². The molecule has 0 spiro atoms. The Labute approximate surface area is 118 Å². The van der Waals surface area contributed by atoms with Gasteiger partial charge in [0.1, 0.15) is 23.1 Å². The molecule has 21 heavy (non-hydrogen) atoms. The highest BCUT2D eigenvalue weighted by Gasteiger charge is 2.20. The van der Waals surface area contributed by atoms with Crippen molar-refractivity contribution in [2.75, 3.05) is 6.61 Å². The number of aliphatic hydroxyl groups is 1. The van der Waals surface area contributed by atoms with Gasteiger partial charge in [-0.25, -0.2) is 9.37 Å². The van der Waals surface area contributed by atoms with E-state index in [2.05, 4.69) is 15.3 Å². The standard InChI is InChI=1S/C14H12FN3O3/c15-8-4-9(13-10(5-8)16-7-17-13)14(20)18-11(6-19)12-2-1-3-21-12/h1-5,7,11,19H,6H2,(H,16,17)(H,18,20). The fourth-order valence-electron chi connectivity index (χ4n) is 2.12. The van der Waals surface area contributed by atoms with E-state index in [0.717, 1.165) is 6.07 Å². The molecule has 3 rings (SSSR count). The van der Waals surface area contributed by atoms with Crippen LogP contribution < -0.4 is 5.32 Å². The average Bonchev–Trinajstić information content (AvgIpc) is 3.14. The summed E-state index contributed by atoms with van der Waals surface area (Å²) in [6, 6.07) is 4.95. The number of fused-ring (bicyclic) bond motifs is 1. The number of hydrogen-bond acceptors (Lipinski definition) is 4. The fraction of sp³-hybridized carbons (Fsp3) is 0.143. The average molecular weight is 289 g/mol. The Bertz CT molecular complexity index is 767. The lowest BCUT2D eigenvalue weighted by atomic mass is 10.1. The van der Waals surface area contributed by atoms with Gasteiger partial charge in [-0.2, -0.15) is 0 Å². The van der Waals surface area contributed by atoms with Gasteiger partial charge in [0.2, 0.25) is 0 Å². The van der Waals surface area contributed by atoms with Crippen LogP contribution in [0.5, 0.6) is 0 Å². The number of amides is 1. The predicted octanol–water partition coefficient (Wildman–Crippen LogP) is 1.76. The van der Waals surface area contributed by atoms with Gasteiger partial charge in [0.25, 0.3) is 5.91 Å². The minimum Gasteiger partial charge on any atom is -0.467 e. The number of nitrogens with one attached hydrogen (secondary N) is 2. The first kappa shape index (κ1) is 13.3. The van der Waals surface area contributed by atoms with E-state index < -0.39 is 17.8 Å². The Kier molecular flexibility index (Phi) is 3.41. The molecular formula is C14H12FN3O3. The smallest absolute Gasteiger partial charge is 0.254 e. The monoisotopic (exact) mass is 289 g/mol. The maximum atomic E-state index is 13.5. The third-order valence-corrected chi connectivity index (χ3v) is 3.11. The number of imidazole rings is 1. The van der Waals surface area contributed by atoms with E-state index in [9.17, 15) is 14.3 Å². The van der Waals surface area contributed by atoms with Gasteiger partial charge in [-0.15, -0.1) is 0 Å². The van der Waals surface area contributed by atoms with Crippen molar-refractivity contribution < 1.29 is 18.7 Å². The van der Waals surface area contributed by atoms with Crippen LogP contribution >= 0.6 is 0 Å². The van der Waals surface area contributed by atoms with Gasteiger partial charge < -0.3 is 19.8 Å². The molecule has 0 saturated heterocycles. The Hall–Kier alpha value is -2.67. The molecule has 3 N–H and O–H groups in total. The maximum absolute atomic E-state index is 13.5. The van der Waals surface area contributed by atoms with Gasteiger partial charge in [-0.05, 0) is 24.3 Å². The molecule has 7 heteroatoms. The van der Waals surface area contributed by atoms with Crippen molar-refractivity contribution in [3.8, 4) is 0 Å². The van der Waals surface area contributed by atoms with Gasteiger partial charge in [0, 0.05) is 0 Å². The van der Waals surface area contributed by atoms with E-state index in [4.69, 9.17) is 4.42 Å². The van der Waals surface area contributed by atoms with Crippen LogP contribution in [0.3, 0.4) is 0 Å². The minimum atomic E-state index is -0.704. The molecule has 6 nitrogen and oxygen atoms in total. The summed E-state index contributed by atoms with van der Waals surface area (Å²) < 4.78 is 18.7. The Morgan fingerprint density at radius 1 is 1.52 bits per heavy atom. The summed E-state index contributed by atoms with van der Waals surface area (Å²) >= 11 is 0. The quantitative estimate of drug-likeness (QED) is 0.682. The van der Waals surface area contributed by atoms with Gasteiger partial charge in [0.15, 0.2) is 0 Å². The first-order valence-corrected chi connectivity index (χ1v) is 6.27. The number of hydrogen-bond donors (Lipinski definition) is 3. The molecule has 2 heterocycles. The summed E-state index contributed by atoms with van der Waals surface area (Å²) in [4.78, 5) is 19.0. The zero-order valence-corrected chi connectivity index (χ0v) is 10.8. The summed E-state index contributed by atoms with van der Waals surface area (Å²) in [7, 11) is 0. The van der Waals surface area contributed by atoms with E-state index in [1.165, 1.54) is 18.7 Å². The third-order valence-electron chi connectivity index (χ3n) is 3.11. The summed E-state index contributed by atoms with van der Waals surface area (Å²) in [6.45, 7) is -0.335. The summed E-state index contributed by atoms with van der Waals surface area (Å²) in [5.41, 5.74) is 0.889. The molecule has 108 valence electrons. The number of H-pyrrole nitrogens is 1. The van der Waals surface area contributed by atoms with E-state index in [1.807, 2.05) is 0 Å². The lowest BCUT2D eigenvalue weighted by Crippen LogP contribution is -2.30. The van der Waals surface area contributed by atoms with Crippen molar-refractivity contribution >= 4 is 16.9 Å². The van der Waals surface area contributed by atoms with Crippen LogP contribution in [-0.2, 0) is 0 Å². The van der Waals surface area contributed by atoms with Crippen LogP contribution in [0.2, 0.25) is 0 Å². The van der Waals surface area contributed by atoms with E-state index >= 15 is 0 Å². The number of aliphatic hydroxyl groups excluding tert-OH is 1. The second kappa shape index (κ2) is 5.37. The Morgan fingerprint density at radius 3 is 3.10 bits per heavy atom. The van der Waals surface area contributed by atoms with Crippen LogP contribution in [0.15, 0.2) is 41.3 Å². The molecular weight excluding hydrogens is 277 g/mol. The van der Waals surface area contributed by atoms with Crippen LogP contribution in [-0.4, -0.2) is 27.6 Å². The topological polar surface area (TPSA) is 91.1 Å². The highest BCUT2D eigenvalue weighted by Crippen LogP contribution is 2.19. The Balaban J connectivity index is 1.92. The molecule has 1 aromatic carbocycles. The number of halogens is 1. The minimum absolute atomic E-state index is 0.0938. The van der Waals surface area contributed by atoms with Crippen molar-refractivity contribution in [2.24, 2.45) is 0 Å². The number of carbonyl (C=O) groups excluding carboxylic acids is 1. The van der Waals surface area contributed by atoms with Crippen LogP contribution in [0.4, 0.5) is 4.39 Å². The zero-order chi connectivity index (χ0) is 14.8. The molecule has 1 atom stereocenters. The van der Waals surface area contributed by atoms with Gasteiger partial charge in [-0.1, -0.05) is 0 Å². The van der Waals surface area contributed by atoms with Crippen LogP contribution in [0.25, 0.3) is 11.0 Å². The number of carbonyl (C=O) groups is 1. The zero-order valence-electron chi connectivity index (χ0n) is 10.8. The normalized spacial score (nSPS) is 12.5. The largest absolute Gasteiger partial charge is 0.467 e. The van der Waals surface area contributed by atoms with Crippen molar-refractivity contribution in [1.82, 2.24) is 15.3 Å². The molecule has 0 bridgehead atoms. The first-order chi connectivity index (χ1) is 10.2. The summed E-state index contributed by atoms with van der Waals surface area (Å²) in [5.74, 6) is -0.668. The number of aromatic amines is 1. The second-order valence-electron chi connectivity index (χ2n) is 4.48. The van der Waals surface area contributed by atoms with Gasteiger partial charge in [-0.3, -0.25) is 4.79 Å². The van der Waals surface area contributed by atoms with Gasteiger partial charge >= 0.3 is 0 Å². The number of furan rings is 1. The molecule has 0 aliphatic rings. The summed E-state index contributed by atoms with van der Waals surface area (Å²) in [5, 5.41) is 11.9.